The van der Waals surface area contributed by atoms with E-state index in [2.05, 4.69) is 4.74 Å². The Morgan fingerprint density at radius 1 is 1.21 bits per heavy atom. The maximum atomic E-state index is 12.3. The molecule has 0 bridgehead atoms. The molecule has 0 atom stereocenters. The summed E-state index contributed by atoms with van der Waals surface area (Å²) in [7, 11) is 0. The fourth-order valence-electron chi connectivity index (χ4n) is 0.575. The molecule has 0 aromatic carbocycles. The van der Waals surface area contributed by atoms with Gasteiger partial charge in [0.25, 0.3) is 0 Å². The van der Waals surface area contributed by atoms with E-state index in [-0.39, 0.29) is 6.42 Å². The summed E-state index contributed by atoms with van der Waals surface area (Å²) in [6.07, 6.45) is -9.69. The van der Waals surface area contributed by atoms with Crippen molar-refractivity contribution in [1.29, 1.82) is 0 Å². The largest absolute Gasteiger partial charge is 0.459 e. The van der Waals surface area contributed by atoms with Crippen LogP contribution in [0.15, 0.2) is 0 Å². The second kappa shape index (κ2) is 4.68. The lowest BCUT2D eigenvalue weighted by Gasteiger charge is -2.16. The third-order valence-corrected chi connectivity index (χ3v) is 1.30. The number of hydrogen-bond donors (Lipinski definition) is 0. The van der Waals surface area contributed by atoms with Crippen LogP contribution in [0, 0.1) is 0 Å². The minimum Gasteiger partial charge on any atom is -0.314 e. The molecule has 0 aromatic rings. The Morgan fingerprint density at radius 2 is 1.71 bits per heavy atom. The first-order valence-electron chi connectivity index (χ1n) is 3.85. The van der Waals surface area contributed by atoms with Gasteiger partial charge in [-0.3, -0.25) is 4.79 Å². The Bertz CT molecular complexity index is 199. The molecule has 7 heteroatoms. The number of ether oxygens (including phenoxy) is 1. The monoisotopic (exact) mass is 220 g/mol. The van der Waals surface area contributed by atoms with Crippen molar-refractivity contribution in [3.63, 3.8) is 0 Å². The van der Waals surface area contributed by atoms with Crippen LogP contribution in [0.4, 0.5) is 22.0 Å². The first kappa shape index (κ1) is 13.3. The molecule has 0 heterocycles. The number of halogens is 5. The van der Waals surface area contributed by atoms with Crippen LogP contribution in [0.5, 0.6) is 0 Å². The SMILES string of the molecule is CCCCOC(F)(F)C(=O)C(F)(F)F. The van der Waals surface area contributed by atoms with Gasteiger partial charge in [-0.15, -0.1) is 0 Å². The highest BCUT2D eigenvalue weighted by Gasteiger charge is 2.56. The van der Waals surface area contributed by atoms with E-state index in [1.165, 1.54) is 0 Å². The van der Waals surface area contributed by atoms with Gasteiger partial charge >= 0.3 is 18.1 Å². The minimum absolute atomic E-state index is 0.167. The van der Waals surface area contributed by atoms with Gasteiger partial charge in [-0.05, 0) is 6.42 Å². The minimum atomic E-state index is -5.57. The smallest absolute Gasteiger partial charge is 0.314 e. The van der Waals surface area contributed by atoms with Gasteiger partial charge in [0.05, 0.1) is 6.61 Å². The standard InChI is InChI=1S/C7H9F5O2/c1-2-3-4-14-7(11,12)5(13)6(8,9)10/h2-4H2,1H3. The van der Waals surface area contributed by atoms with Crippen molar-refractivity contribution in [2.75, 3.05) is 6.61 Å². The number of alkyl halides is 5. The van der Waals surface area contributed by atoms with Gasteiger partial charge in [-0.25, -0.2) is 0 Å². The van der Waals surface area contributed by atoms with E-state index in [1.54, 1.807) is 6.92 Å². The van der Waals surface area contributed by atoms with E-state index < -0.39 is 24.7 Å². The molecule has 2 nitrogen and oxygen atoms in total. The third-order valence-electron chi connectivity index (χ3n) is 1.30. The van der Waals surface area contributed by atoms with Crippen molar-refractivity contribution >= 4 is 5.78 Å². The van der Waals surface area contributed by atoms with E-state index in [0.29, 0.717) is 6.42 Å². The van der Waals surface area contributed by atoms with Crippen molar-refractivity contribution in [2.24, 2.45) is 0 Å². The highest BCUT2D eigenvalue weighted by Crippen LogP contribution is 2.28. The van der Waals surface area contributed by atoms with Crippen molar-refractivity contribution in [3.8, 4) is 0 Å². The van der Waals surface area contributed by atoms with Crippen molar-refractivity contribution in [1.82, 2.24) is 0 Å². The van der Waals surface area contributed by atoms with Gasteiger partial charge in [0.1, 0.15) is 0 Å². The lowest BCUT2D eigenvalue weighted by Crippen LogP contribution is -2.42. The van der Waals surface area contributed by atoms with Crippen LogP contribution in [0.3, 0.4) is 0 Å². The van der Waals surface area contributed by atoms with Crippen LogP contribution >= 0.6 is 0 Å². The van der Waals surface area contributed by atoms with Crippen LogP contribution < -0.4 is 0 Å². The Morgan fingerprint density at radius 3 is 2.07 bits per heavy atom. The molecule has 0 rings (SSSR count). The molecule has 0 aromatic heterocycles. The van der Waals surface area contributed by atoms with Crippen LogP contribution in [0.2, 0.25) is 0 Å². The van der Waals surface area contributed by atoms with E-state index in [0.717, 1.165) is 0 Å². The van der Waals surface area contributed by atoms with Gasteiger partial charge in [-0.2, -0.15) is 22.0 Å². The number of ketones is 1. The zero-order chi connectivity index (χ0) is 11.4. The molecule has 0 amide bonds. The number of rotatable bonds is 5. The molecule has 0 unspecified atom stereocenters. The molecule has 0 N–H and O–H groups in total. The molecule has 0 spiro atoms. The van der Waals surface area contributed by atoms with E-state index >= 15 is 0 Å². The first-order chi connectivity index (χ1) is 6.22. The second-order valence-corrected chi connectivity index (χ2v) is 2.55. The summed E-state index contributed by atoms with van der Waals surface area (Å²) in [5, 5.41) is 0. The van der Waals surface area contributed by atoms with Gasteiger partial charge < -0.3 is 4.74 Å². The number of hydrogen-bond acceptors (Lipinski definition) is 2. The van der Waals surface area contributed by atoms with Crippen molar-refractivity contribution in [3.05, 3.63) is 0 Å². The molecule has 84 valence electrons. The number of carbonyl (C=O) groups is 1. The maximum Gasteiger partial charge on any atom is 0.459 e. The van der Waals surface area contributed by atoms with Gasteiger partial charge in [0.2, 0.25) is 0 Å². The molecule has 0 aliphatic carbocycles. The lowest BCUT2D eigenvalue weighted by atomic mass is 10.3. The lowest BCUT2D eigenvalue weighted by molar-refractivity contribution is -0.258. The Labute approximate surface area is 77.0 Å². The molecule has 0 fully saturated rings. The molecule has 0 saturated heterocycles. The Balaban J connectivity index is 4.24. The molecular formula is C7H9F5O2. The van der Waals surface area contributed by atoms with Gasteiger partial charge in [0, 0.05) is 0 Å². The van der Waals surface area contributed by atoms with E-state index in [4.69, 9.17) is 0 Å². The van der Waals surface area contributed by atoms with Crippen LogP contribution in [0.25, 0.3) is 0 Å². The fourth-order valence-corrected chi connectivity index (χ4v) is 0.575. The molecule has 0 saturated carbocycles. The number of Topliss-reactive ketones (excluding diaryl/α,β-unsaturated/α-hetero) is 1. The summed E-state index contributed by atoms with van der Waals surface area (Å²) in [6, 6.07) is 0. The quantitative estimate of drug-likeness (QED) is 0.525. The Kier molecular flexibility index (Phi) is 4.44. The molecule has 14 heavy (non-hydrogen) atoms. The first-order valence-corrected chi connectivity index (χ1v) is 3.85. The molecule has 0 radical (unpaired) electrons. The van der Waals surface area contributed by atoms with E-state index in [1.807, 2.05) is 0 Å². The predicted molar refractivity (Wildman–Crippen MR) is 36.9 cm³/mol. The topological polar surface area (TPSA) is 26.3 Å². The number of carbonyl (C=O) groups excluding carboxylic acids is 1. The zero-order valence-electron chi connectivity index (χ0n) is 7.33. The van der Waals surface area contributed by atoms with Crippen molar-refractivity contribution < 1.29 is 31.5 Å². The maximum absolute atomic E-state index is 12.3. The third kappa shape index (κ3) is 3.99. The van der Waals surface area contributed by atoms with Gasteiger partial charge in [-0.1, -0.05) is 13.3 Å². The zero-order valence-corrected chi connectivity index (χ0v) is 7.33. The molecular weight excluding hydrogens is 211 g/mol. The normalized spacial score (nSPS) is 13.0. The summed E-state index contributed by atoms with van der Waals surface area (Å²) < 4.78 is 62.9. The fraction of sp³-hybridized carbons (Fsp3) is 0.857. The highest BCUT2D eigenvalue weighted by molar-refractivity contribution is 5.89. The van der Waals surface area contributed by atoms with Crippen LogP contribution in [-0.2, 0) is 9.53 Å². The molecule has 0 aliphatic rings. The number of unbranched alkanes of at least 4 members (excludes halogenated alkanes) is 1. The van der Waals surface area contributed by atoms with Crippen molar-refractivity contribution in [2.45, 2.75) is 32.1 Å². The Hall–Kier alpha value is -0.720. The predicted octanol–water partition coefficient (Wildman–Crippen LogP) is 2.53. The van der Waals surface area contributed by atoms with Crippen LogP contribution in [0.1, 0.15) is 19.8 Å². The summed E-state index contributed by atoms with van der Waals surface area (Å²) >= 11 is 0. The highest BCUT2D eigenvalue weighted by atomic mass is 19.4. The molecule has 0 aliphatic heterocycles. The van der Waals surface area contributed by atoms with Crippen LogP contribution in [-0.4, -0.2) is 24.7 Å². The van der Waals surface area contributed by atoms with E-state index in [9.17, 15) is 26.7 Å². The van der Waals surface area contributed by atoms with Gasteiger partial charge in [0.15, 0.2) is 0 Å². The second-order valence-electron chi connectivity index (χ2n) is 2.55. The summed E-state index contributed by atoms with van der Waals surface area (Å²) in [6.45, 7) is 1.07. The summed E-state index contributed by atoms with van der Waals surface area (Å²) in [4.78, 5) is 10.1. The average molecular weight is 220 g/mol. The summed E-state index contributed by atoms with van der Waals surface area (Å²) in [5.41, 5.74) is 0. The summed E-state index contributed by atoms with van der Waals surface area (Å²) in [5.74, 6) is -3.17. The average Bonchev–Trinajstić information content (AvgIpc) is 2.01.